The van der Waals surface area contributed by atoms with Gasteiger partial charge in [-0.25, -0.2) is 0 Å². The van der Waals surface area contributed by atoms with Gasteiger partial charge in [-0.15, -0.1) is 22.7 Å². The first kappa shape index (κ1) is 33.5. The van der Waals surface area contributed by atoms with Gasteiger partial charge in [0.15, 0.2) is 0 Å². The van der Waals surface area contributed by atoms with E-state index in [4.69, 9.17) is 0 Å². The monoisotopic (exact) mass is 761 g/mol. The zero-order chi connectivity index (χ0) is 37.7. The van der Waals surface area contributed by atoms with Crippen molar-refractivity contribution in [1.82, 2.24) is 0 Å². The van der Waals surface area contributed by atoms with Crippen LogP contribution < -0.4 is 4.90 Å². The molecule has 0 unspecified atom stereocenters. The molecule has 0 aliphatic rings. The lowest BCUT2D eigenvalue weighted by Gasteiger charge is -2.30. The topological polar surface area (TPSA) is 3.24 Å². The van der Waals surface area contributed by atoms with Crippen molar-refractivity contribution in [3.05, 3.63) is 212 Å². The molecule has 0 aliphatic carbocycles. The molecule has 2 aromatic heterocycles. The van der Waals surface area contributed by atoms with E-state index in [1.807, 2.05) is 22.7 Å². The number of para-hydroxylation sites is 2. The lowest BCUT2D eigenvalue weighted by molar-refractivity contribution is 1.29. The summed E-state index contributed by atoms with van der Waals surface area (Å²) in [5.41, 5.74) is 13.1. The van der Waals surface area contributed by atoms with Crippen molar-refractivity contribution in [3.8, 4) is 44.5 Å². The van der Waals surface area contributed by atoms with Crippen molar-refractivity contribution in [2.45, 2.75) is 0 Å². The molecule has 0 saturated heterocycles. The first-order chi connectivity index (χ1) is 28.3. The minimum absolute atomic E-state index is 1.10. The van der Waals surface area contributed by atoms with E-state index in [1.165, 1.54) is 84.9 Å². The van der Waals surface area contributed by atoms with Crippen LogP contribution >= 0.6 is 22.7 Å². The van der Waals surface area contributed by atoms with Crippen LogP contribution in [0.4, 0.5) is 17.1 Å². The van der Waals surface area contributed by atoms with Gasteiger partial charge in [0.05, 0.1) is 11.4 Å². The van der Waals surface area contributed by atoms with E-state index in [-0.39, 0.29) is 0 Å². The Labute approximate surface area is 340 Å². The summed E-state index contributed by atoms with van der Waals surface area (Å²) in [7, 11) is 0. The SMILES string of the molecule is c1ccc(-c2ccccc2-c2ccc(N(c3ccccc3-c3cccc4c3sc3ccccc34)c3ccccc3-c3cccc4c3sc3ccccc34)cc2)cc1. The van der Waals surface area contributed by atoms with E-state index >= 15 is 0 Å². The van der Waals surface area contributed by atoms with E-state index in [1.54, 1.807) is 0 Å². The lowest BCUT2D eigenvalue weighted by atomic mass is 9.94. The van der Waals surface area contributed by atoms with E-state index in [9.17, 15) is 0 Å². The molecule has 11 aromatic rings. The van der Waals surface area contributed by atoms with Crippen LogP contribution in [0.3, 0.4) is 0 Å². The first-order valence-electron chi connectivity index (χ1n) is 19.3. The number of anilines is 3. The molecule has 0 amide bonds. The molecule has 0 bridgehead atoms. The number of hydrogen-bond donors (Lipinski definition) is 0. The fourth-order valence-electron chi connectivity index (χ4n) is 8.51. The predicted molar refractivity (Wildman–Crippen MR) is 249 cm³/mol. The molecular formula is C54H35NS2. The molecule has 11 rings (SSSR count). The van der Waals surface area contributed by atoms with Crippen LogP contribution in [0.25, 0.3) is 84.9 Å². The maximum Gasteiger partial charge on any atom is 0.0540 e. The highest BCUT2D eigenvalue weighted by molar-refractivity contribution is 7.26. The Morgan fingerprint density at radius 2 is 0.649 bits per heavy atom. The highest BCUT2D eigenvalue weighted by Gasteiger charge is 2.23. The van der Waals surface area contributed by atoms with E-state index in [0.29, 0.717) is 0 Å². The number of rotatable bonds is 7. The van der Waals surface area contributed by atoms with Crippen LogP contribution in [-0.4, -0.2) is 0 Å². The van der Waals surface area contributed by atoms with Crippen LogP contribution in [0.2, 0.25) is 0 Å². The predicted octanol–water partition coefficient (Wildman–Crippen LogP) is 16.6. The number of fused-ring (bicyclic) bond motifs is 6. The minimum Gasteiger partial charge on any atom is -0.309 e. The molecule has 268 valence electrons. The van der Waals surface area contributed by atoms with Crippen molar-refractivity contribution in [2.75, 3.05) is 4.90 Å². The van der Waals surface area contributed by atoms with Gasteiger partial charge in [0, 0.05) is 68.3 Å². The lowest BCUT2D eigenvalue weighted by Crippen LogP contribution is -2.12. The van der Waals surface area contributed by atoms with Crippen LogP contribution in [0.15, 0.2) is 212 Å². The fraction of sp³-hybridized carbons (Fsp3) is 0. The van der Waals surface area contributed by atoms with Crippen LogP contribution in [-0.2, 0) is 0 Å². The Morgan fingerprint density at radius 3 is 1.18 bits per heavy atom. The third kappa shape index (κ3) is 5.74. The summed E-state index contributed by atoms with van der Waals surface area (Å²) in [5, 5.41) is 5.21. The van der Waals surface area contributed by atoms with Gasteiger partial charge in [-0.2, -0.15) is 0 Å². The second-order valence-electron chi connectivity index (χ2n) is 14.4. The Hall–Kier alpha value is -6.78. The molecule has 0 spiro atoms. The van der Waals surface area contributed by atoms with E-state index < -0.39 is 0 Å². The zero-order valence-corrected chi connectivity index (χ0v) is 32.6. The summed E-state index contributed by atoms with van der Waals surface area (Å²) in [6.45, 7) is 0. The van der Waals surface area contributed by atoms with Gasteiger partial charge in [-0.1, -0.05) is 176 Å². The van der Waals surface area contributed by atoms with E-state index in [2.05, 4.69) is 217 Å². The van der Waals surface area contributed by atoms with Gasteiger partial charge in [0.2, 0.25) is 0 Å². The average Bonchev–Trinajstić information content (AvgIpc) is 3.87. The molecule has 0 N–H and O–H groups in total. The molecule has 1 nitrogen and oxygen atoms in total. The third-order valence-electron chi connectivity index (χ3n) is 11.1. The smallest absolute Gasteiger partial charge is 0.0540 e. The second-order valence-corrected chi connectivity index (χ2v) is 16.5. The Bertz CT molecular complexity index is 3090. The Morgan fingerprint density at radius 1 is 0.263 bits per heavy atom. The highest BCUT2D eigenvalue weighted by atomic mass is 32.1. The molecule has 3 heteroatoms. The summed E-state index contributed by atoms with van der Waals surface area (Å²) in [5.74, 6) is 0. The first-order valence-corrected chi connectivity index (χ1v) is 21.0. The van der Waals surface area contributed by atoms with Crippen molar-refractivity contribution >= 4 is 80.1 Å². The van der Waals surface area contributed by atoms with Gasteiger partial charge in [-0.05, 0) is 58.7 Å². The molecule has 0 aliphatic heterocycles. The molecule has 0 atom stereocenters. The zero-order valence-electron chi connectivity index (χ0n) is 31.0. The summed E-state index contributed by atoms with van der Waals surface area (Å²) in [6.07, 6.45) is 0. The maximum atomic E-state index is 2.48. The average molecular weight is 762 g/mol. The Balaban J connectivity index is 1.14. The third-order valence-corrected chi connectivity index (χ3v) is 13.6. The van der Waals surface area contributed by atoms with Gasteiger partial charge >= 0.3 is 0 Å². The van der Waals surface area contributed by atoms with Gasteiger partial charge in [-0.3, -0.25) is 0 Å². The number of nitrogens with zero attached hydrogens (tertiary/aromatic N) is 1. The van der Waals surface area contributed by atoms with Crippen LogP contribution in [0.1, 0.15) is 0 Å². The van der Waals surface area contributed by atoms with Crippen molar-refractivity contribution in [3.63, 3.8) is 0 Å². The number of benzene rings is 9. The standard InChI is InChI=1S/C54H35NS2/c1-2-16-36(17-3-1)39-18-4-5-19-40(39)37-32-34-38(35-33-37)55(49-28-10-6-20-41(49)45-24-14-26-47-43-22-8-12-30-51(43)56-53(45)47)50-29-11-7-21-42(50)46-25-15-27-48-44-23-9-13-31-52(44)57-54(46)48/h1-35H. The second kappa shape index (κ2) is 14.1. The molecule has 2 heterocycles. The highest BCUT2D eigenvalue weighted by Crippen LogP contribution is 2.50. The van der Waals surface area contributed by atoms with Gasteiger partial charge < -0.3 is 4.90 Å². The molecule has 0 fully saturated rings. The molecule has 57 heavy (non-hydrogen) atoms. The quantitative estimate of drug-likeness (QED) is 0.156. The molecule has 9 aromatic carbocycles. The normalized spacial score (nSPS) is 11.5. The molecule has 0 radical (unpaired) electrons. The van der Waals surface area contributed by atoms with E-state index in [0.717, 1.165) is 17.1 Å². The van der Waals surface area contributed by atoms with Crippen LogP contribution in [0, 0.1) is 0 Å². The summed E-state index contributed by atoms with van der Waals surface area (Å²) >= 11 is 3.76. The number of thiophene rings is 2. The van der Waals surface area contributed by atoms with Crippen molar-refractivity contribution in [1.29, 1.82) is 0 Å². The summed E-state index contributed by atoms with van der Waals surface area (Å²) in [4.78, 5) is 2.48. The minimum atomic E-state index is 1.10. The molecular weight excluding hydrogens is 727 g/mol. The van der Waals surface area contributed by atoms with Gasteiger partial charge in [0.1, 0.15) is 0 Å². The molecule has 0 saturated carbocycles. The van der Waals surface area contributed by atoms with Crippen molar-refractivity contribution < 1.29 is 0 Å². The summed E-state index contributed by atoms with van der Waals surface area (Å²) in [6, 6.07) is 77.6. The Kier molecular flexibility index (Phi) is 8.28. The fourth-order valence-corrected chi connectivity index (χ4v) is 11.0. The maximum absolute atomic E-state index is 2.48. The summed E-state index contributed by atoms with van der Waals surface area (Å²) < 4.78 is 5.23. The van der Waals surface area contributed by atoms with Crippen LogP contribution in [0.5, 0.6) is 0 Å². The van der Waals surface area contributed by atoms with Crippen molar-refractivity contribution in [2.24, 2.45) is 0 Å². The largest absolute Gasteiger partial charge is 0.309 e. The number of hydrogen-bond acceptors (Lipinski definition) is 3. The van der Waals surface area contributed by atoms with Gasteiger partial charge in [0.25, 0.3) is 0 Å².